The molecule has 1 heterocycles. The molecule has 0 N–H and O–H groups in total. The minimum atomic E-state index is 0.623. The normalized spacial score (nSPS) is 10.5. The van der Waals surface area contributed by atoms with Crippen LogP contribution in [-0.2, 0) is 0 Å². The van der Waals surface area contributed by atoms with Gasteiger partial charge in [-0.05, 0) is 29.1 Å². The third-order valence-electron chi connectivity index (χ3n) is 1.97. The fourth-order valence-corrected chi connectivity index (χ4v) is 2.12. The number of nitrogens with zero attached hydrogens (tertiary/aromatic N) is 2. The van der Waals surface area contributed by atoms with Crippen molar-refractivity contribution in [1.82, 2.24) is 0 Å². The van der Waals surface area contributed by atoms with Crippen LogP contribution < -0.4 is 0 Å². The van der Waals surface area contributed by atoms with Crippen molar-refractivity contribution >= 4 is 38.5 Å². The van der Waals surface area contributed by atoms with Crippen molar-refractivity contribution in [2.24, 2.45) is 4.99 Å². The van der Waals surface area contributed by atoms with Crippen molar-refractivity contribution in [3.05, 3.63) is 51.3 Å². The maximum absolute atomic E-state index is 8.82. The molecule has 0 fully saturated rings. The molecule has 0 saturated heterocycles. The van der Waals surface area contributed by atoms with Crippen molar-refractivity contribution in [2.45, 2.75) is 0 Å². The summed E-state index contributed by atoms with van der Waals surface area (Å²) >= 11 is 4.84. The molecule has 0 radical (unpaired) electrons. The van der Waals surface area contributed by atoms with Gasteiger partial charge in [0.25, 0.3) is 0 Å². The molecule has 1 aromatic carbocycles. The van der Waals surface area contributed by atoms with Crippen molar-refractivity contribution in [1.29, 1.82) is 5.26 Å². The van der Waals surface area contributed by atoms with Crippen molar-refractivity contribution in [3.8, 4) is 6.07 Å². The second-order valence-electron chi connectivity index (χ2n) is 3.06. The van der Waals surface area contributed by atoms with Crippen LogP contribution in [0.3, 0.4) is 0 Å². The van der Waals surface area contributed by atoms with Gasteiger partial charge in [0.1, 0.15) is 11.1 Å². The fourth-order valence-electron chi connectivity index (χ4n) is 1.17. The molecule has 16 heavy (non-hydrogen) atoms. The Labute approximate surface area is 106 Å². The molecule has 2 nitrogen and oxygen atoms in total. The molecule has 0 amide bonds. The van der Waals surface area contributed by atoms with E-state index in [0.29, 0.717) is 5.56 Å². The van der Waals surface area contributed by atoms with E-state index in [9.17, 15) is 0 Å². The van der Waals surface area contributed by atoms with Gasteiger partial charge in [-0.1, -0.05) is 28.1 Å². The predicted molar refractivity (Wildman–Crippen MR) is 70.4 cm³/mol. The Kier molecular flexibility index (Phi) is 3.50. The minimum absolute atomic E-state index is 0.623. The van der Waals surface area contributed by atoms with Crippen LogP contribution >= 0.6 is 27.3 Å². The zero-order chi connectivity index (χ0) is 11.4. The first-order valence-electron chi connectivity index (χ1n) is 4.57. The van der Waals surface area contributed by atoms with Gasteiger partial charge in [0, 0.05) is 10.7 Å². The van der Waals surface area contributed by atoms with Gasteiger partial charge >= 0.3 is 0 Å². The quantitative estimate of drug-likeness (QED) is 0.766. The Morgan fingerprint density at radius 2 is 2.00 bits per heavy atom. The molecular weight excluding hydrogens is 284 g/mol. The molecule has 2 aromatic rings. The monoisotopic (exact) mass is 290 g/mol. The van der Waals surface area contributed by atoms with Gasteiger partial charge in [0.15, 0.2) is 0 Å². The van der Waals surface area contributed by atoms with Crippen LogP contribution in [0.4, 0.5) is 5.00 Å². The molecule has 0 aliphatic rings. The lowest BCUT2D eigenvalue weighted by Crippen LogP contribution is -1.78. The van der Waals surface area contributed by atoms with E-state index in [1.54, 1.807) is 12.3 Å². The van der Waals surface area contributed by atoms with Gasteiger partial charge in [-0.15, -0.1) is 11.3 Å². The fraction of sp³-hybridized carbons (Fsp3) is 0. The van der Waals surface area contributed by atoms with E-state index in [2.05, 4.69) is 27.0 Å². The second kappa shape index (κ2) is 5.06. The highest BCUT2D eigenvalue weighted by Gasteiger charge is 1.99. The number of benzene rings is 1. The van der Waals surface area contributed by atoms with Crippen LogP contribution in [-0.4, -0.2) is 6.21 Å². The van der Waals surface area contributed by atoms with Gasteiger partial charge in [0.2, 0.25) is 0 Å². The molecule has 0 aliphatic heterocycles. The average Bonchev–Trinajstić information content (AvgIpc) is 2.76. The minimum Gasteiger partial charge on any atom is -0.244 e. The van der Waals surface area contributed by atoms with E-state index in [-0.39, 0.29) is 0 Å². The number of hydrogen-bond donors (Lipinski definition) is 0. The summed E-state index contributed by atoms with van der Waals surface area (Å²) in [6.07, 6.45) is 1.76. The van der Waals surface area contributed by atoms with E-state index < -0.39 is 0 Å². The summed E-state index contributed by atoms with van der Waals surface area (Å²) in [5.74, 6) is 0. The third-order valence-corrected chi connectivity index (χ3v) is 3.32. The first-order chi connectivity index (χ1) is 7.79. The standard InChI is InChI=1S/C12H7BrN2S/c13-11-3-1-9(2-4-11)8-15-12-10(7-14)5-6-16-12/h1-6,8H. The predicted octanol–water partition coefficient (Wildman–Crippen LogP) is 4.13. The molecule has 0 bridgehead atoms. The highest BCUT2D eigenvalue weighted by atomic mass is 79.9. The molecule has 0 unspecified atom stereocenters. The highest BCUT2D eigenvalue weighted by Crippen LogP contribution is 2.25. The van der Waals surface area contributed by atoms with Crippen molar-refractivity contribution in [2.75, 3.05) is 0 Å². The summed E-state index contributed by atoms with van der Waals surface area (Å²) < 4.78 is 1.04. The molecule has 0 saturated carbocycles. The topological polar surface area (TPSA) is 36.1 Å². The largest absolute Gasteiger partial charge is 0.244 e. The second-order valence-corrected chi connectivity index (χ2v) is 4.87. The Balaban J connectivity index is 2.22. The number of hydrogen-bond acceptors (Lipinski definition) is 3. The van der Waals surface area contributed by atoms with E-state index in [1.807, 2.05) is 29.6 Å². The highest BCUT2D eigenvalue weighted by molar-refractivity contribution is 9.10. The molecular formula is C12H7BrN2S. The average molecular weight is 291 g/mol. The first-order valence-corrected chi connectivity index (χ1v) is 6.24. The van der Waals surface area contributed by atoms with Gasteiger partial charge in [-0.3, -0.25) is 0 Å². The van der Waals surface area contributed by atoms with Crippen LogP contribution in [0.2, 0.25) is 0 Å². The summed E-state index contributed by atoms with van der Waals surface area (Å²) in [4.78, 5) is 4.29. The van der Waals surface area contributed by atoms with Crippen LogP contribution in [0.5, 0.6) is 0 Å². The summed E-state index contributed by atoms with van der Waals surface area (Å²) in [7, 11) is 0. The SMILES string of the molecule is N#Cc1ccsc1N=Cc1ccc(Br)cc1. The van der Waals surface area contributed by atoms with E-state index in [4.69, 9.17) is 5.26 Å². The Morgan fingerprint density at radius 3 is 2.69 bits per heavy atom. The summed E-state index contributed by atoms with van der Waals surface area (Å²) in [6.45, 7) is 0. The Morgan fingerprint density at radius 1 is 1.25 bits per heavy atom. The van der Waals surface area contributed by atoms with Gasteiger partial charge in [-0.2, -0.15) is 5.26 Å². The third kappa shape index (κ3) is 2.57. The van der Waals surface area contributed by atoms with Crippen molar-refractivity contribution in [3.63, 3.8) is 0 Å². The lowest BCUT2D eigenvalue weighted by molar-refractivity contribution is 1.49. The van der Waals surface area contributed by atoms with E-state index in [0.717, 1.165) is 15.0 Å². The molecule has 2 rings (SSSR count). The molecule has 1 aromatic heterocycles. The zero-order valence-electron chi connectivity index (χ0n) is 8.22. The number of aliphatic imine (C=N–C) groups is 1. The first kappa shape index (κ1) is 11.1. The van der Waals surface area contributed by atoms with Gasteiger partial charge in [0.05, 0.1) is 5.56 Å². The Hall–Kier alpha value is -1.44. The number of thiophene rings is 1. The number of rotatable bonds is 2. The maximum atomic E-state index is 8.82. The summed E-state index contributed by atoms with van der Waals surface area (Å²) in [5, 5.41) is 11.4. The molecule has 0 spiro atoms. The molecule has 0 aliphatic carbocycles. The number of nitriles is 1. The zero-order valence-corrected chi connectivity index (χ0v) is 10.6. The lowest BCUT2D eigenvalue weighted by atomic mass is 10.2. The molecule has 78 valence electrons. The van der Waals surface area contributed by atoms with Gasteiger partial charge < -0.3 is 0 Å². The maximum Gasteiger partial charge on any atom is 0.133 e. The Bertz CT molecular complexity index is 549. The summed E-state index contributed by atoms with van der Waals surface area (Å²) in [5.41, 5.74) is 1.64. The van der Waals surface area contributed by atoms with Crippen molar-refractivity contribution < 1.29 is 0 Å². The van der Waals surface area contributed by atoms with Crippen LogP contribution in [0.15, 0.2) is 45.2 Å². The van der Waals surface area contributed by atoms with E-state index in [1.165, 1.54) is 11.3 Å². The smallest absolute Gasteiger partial charge is 0.133 e. The number of halogens is 1. The summed E-state index contributed by atoms with van der Waals surface area (Å²) in [6, 6.07) is 11.7. The van der Waals surface area contributed by atoms with Crippen LogP contribution in [0.25, 0.3) is 0 Å². The lowest BCUT2D eigenvalue weighted by Gasteiger charge is -1.92. The van der Waals surface area contributed by atoms with Crippen LogP contribution in [0, 0.1) is 11.3 Å². The van der Waals surface area contributed by atoms with Gasteiger partial charge in [-0.25, -0.2) is 4.99 Å². The van der Waals surface area contributed by atoms with E-state index >= 15 is 0 Å². The van der Waals surface area contributed by atoms with Crippen LogP contribution in [0.1, 0.15) is 11.1 Å². The molecule has 4 heteroatoms. The molecule has 0 atom stereocenters.